The van der Waals surface area contributed by atoms with E-state index in [1.807, 2.05) is 19.1 Å². The zero-order valence-corrected chi connectivity index (χ0v) is 12.8. The van der Waals surface area contributed by atoms with Crippen LogP contribution in [0.5, 0.6) is 5.88 Å². The molecule has 0 N–H and O–H groups in total. The lowest BCUT2D eigenvalue weighted by molar-refractivity contribution is 0.0418. The second-order valence-electron chi connectivity index (χ2n) is 5.94. The average Bonchev–Trinajstić information content (AvgIpc) is 2.57. The number of nitrogens with zero attached hydrogens (tertiary/aromatic N) is 3. The van der Waals surface area contributed by atoms with Crippen LogP contribution in [0.1, 0.15) is 32.6 Å². The summed E-state index contributed by atoms with van der Waals surface area (Å²) in [6.45, 7) is 6.67. The van der Waals surface area contributed by atoms with E-state index in [9.17, 15) is 0 Å². The molecule has 0 unspecified atom stereocenters. The maximum Gasteiger partial charge on any atom is 0.233 e. The average molecular weight is 291 g/mol. The van der Waals surface area contributed by atoms with Crippen LogP contribution in [0.3, 0.4) is 0 Å². The van der Waals surface area contributed by atoms with Gasteiger partial charge >= 0.3 is 0 Å². The third kappa shape index (κ3) is 3.64. The Balaban J connectivity index is 1.52. The van der Waals surface area contributed by atoms with Crippen molar-refractivity contribution in [3.8, 4) is 5.88 Å². The molecular formula is C16H25N3O2. The van der Waals surface area contributed by atoms with Crippen LogP contribution in [0.15, 0.2) is 12.1 Å². The van der Waals surface area contributed by atoms with Gasteiger partial charge in [0.2, 0.25) is 5.88 Å². The number of piperidine rings is 1. The second-order valence-corrected chi connectivity index (χ2v) is 5.94. The van der Waals surface area contributed by atoms with Gasteiger partial charge in [-0.1, -0.05) is 0 Å². The van der Waals surface area contributed by atoms with E-state index in [-0.39, 0.29) is 0 Å². The summed E-state index contributed by atoms with van der Waals surface area (Å²) in [6.07, 6.45) is 5.01. The largest absolute Gasteiger partial charge is 0.477 e. The summed E-state index contributed by atoms with van der Waals surface area (Å²) in [5.41, 5.74) is 0. The minimum Gasteiger partial charge on any atom is -0.477 e. The number of rotatable bonds is 4. The summed E-state index contributed by atoms with van der Waals surface area (Å²) < 4.78 is 10.8. The van der Waals surface area contributed by atoms with E-state index >= 15 is 0 Å². The molecule has 5 heteroatoms. The molecule has 2 aliphatic rings. The Bertz CT molecular complexity index is 424. The molecule has 0 atom stereocenters. The summed E-state index contributed by atoms with van der Waals surface area (Å²) in [6, 6.07) is 3.93. The predicted molar refractivity (Wildman–Crippen MR) is 81.7 cm³/mol. The van der Waals surface area contributed by atoms with Gasteiger partial charge in [-0.15, -0.1) is 10.2 Å². The van der Waals surface area contributed by atoms with Gasteiger partial charge in [-0.25, -0.2) is 0 Å². The van der Waals surface area contributed by atoms with Crippen molar-refractivity contribution < 1.29 is 9.47 Å². The number of aromatic nitrogens is 2. The van der Waals surface area contributed by atoms with Gasteiger partial charge in [-0.3, -0.25) is 0 Å². The molecule has 0 aromatic carbocycles. The van der Waals surface area contributed by atoms with Crippen molar-refractivity contribution in [1.29, 1.82) is 0 Å². The SMILES string of the molecule is CCOc1ccc(N2CCC(C3CCOCC3)CC2)nn1. The fraction of sp³-hybridized carbons (Fsp3) is 0.750. The van der Waals surface area contributed by atoms with Crippen LogP contribution >= 0.6 is 0 Å². The van der Waals surface area contributed by atoms with Gasteiger partial charge in [-0.2, -0.15) is 0 Å². The zero-order chi connectivity index (χ0) is 14.5. The first-order chi connectivity index (χ1) is 10.4. The van der Waals surface area contributed by atoms with E-state index in [1.54, 1.807) is 0 Å². The second kappa shape index (κ2) is 7.07. The van der Waals surface area contributed by atoms with Crippen LogP contribution in [0, 0.1) is 11.8 Å². The molecule has 0 aliphatic carbocycles. The molecule has 1 aromatic heterocycles. The normalized spacial score (nSPS) is 21.5. The van der Waals surface area contributed by atoms with Gasteiger partial charge in [0.15, 0.2) is 5.82 Å². The number of hydrogen-bond donors (Lipinski definition) is 0. The van der Waals surface area contributed by atoms with E-state index < -0.39 is 0 Å². The third-order valence-corrected chi connectivity index (χ3v) is 4.71. The Labute approximate surface area is 126 Å². The van der Waals surface area contributed by atoms with E-state index in [0.29, 0.717) is 12.5 Å². The van der Waals surface area contributed by atoms with Gasteiger partial charge in [0.05, 0.1) is 6.61 Å². The summed E-state index contributed by atoms with van der Waals surface area (Å²) >= 11 is 0. The monoisotopic (exact) mass is 291 g/mol. The lowest BCUT2D eigenvalue weighted by Gasteiger charge is -2.37. The number of anilines is 1. The number of hydrogen-bond acceptors (Lipinski definition) is 5. The molecule has 2 aliphatic heterocycles. The molecule has 1 aromatic rings. The van der Waals surface area contributed by atoms with Crippen molar-refractivity contribution >= 4 is 5.82 Å². The van der Waals surface area contributed by atoms with Gasteiger partial charge in [-0.05, 0) is 50.5 Å². The van der Waals surface area contributed by atoms with Gasteiger partial charge in [0.1, 0.15) is 0 Å². The number of ether oxygens (including phenoxy) is 2. The Hall–Kier alpha value is -1.36. The molecule has 2 fully saturated rings. The molecule has 0 spiro atoms. The van der Waals surface area contributed by atoms with Gasteiger partial charge < -0.3 is 14.4 Å². The Kier molecular flexibility index (Phi) is 4.91. The molecule has 3 rings (SSSR count). The lowest BCUT2D eigenvalue weighted by Crippen LogP contribution is -2.38. The molecule has 3 heterocycles. The first kappa shape index (κ1) is 14.6. The van der Waals surface area contributed by atoms with Gasteiger partial charge in [0.25, 0.3) is 0 Å². The molecule has 2 saturated heterocycles. The first-order valence-corrected chi connectivity index (χ1v) is 8.16. The van der Waals surface area contributed by atoms with Crippen LogP contribution in [0.4, 0.5) is 5.82 Å². The lowest BCUT2D eigenvalue weighted by atomic mass is 9.80. The minimum atomic E-state index is 0.610. The van der Waals surface area contributed by atoms with Crippen LogP contribution < -0.4 is 9.64 Å². The zero-order valence-electron chi connectivity index (χ0n) is 12.8. The van der Waals surface area contributed by atoms with Crippen LogP contribution in [0.25, 0.3) is 0 Å². The van der Waals surface area contributed by atoms with Crippen molar-refractivity contribution in [3.63, 3.8) is 0 Å². The highest BCUT2D eigenvalue weighted by Crippen LogP contribution is 2.32. The van der Waals surface area contributed by atoms with Crippen molar-refractivity contribution in [2.45, 2.75) is 32.6 Å². The smallest absolute Gasteiger partial charge is 0.233 e. The fourth-order valence-corrected chi connectivity index (χ4v) is 3.49. The molecule has 0 saturated carbocycles. The highest BCUT2D eigenvalue weighted by molar-refractivity contribution is 5.38. The van der Waals surface area contributed by atoms with Crippen LogP contribution in [-0.4, -0.2) is 43.1 Å². The molecule has 0 amide bonds. The molecule has 0 radical (unpaired) electrons. The van der Waals surface area contributed by atoms with E-state index in [2.05, 4.69) is 15.1 Å². The maximum atomic E-state index is 5.47. The Morgan fingerprint density at radius 2 is 1.81 bits per heavy atom. The van der Waals surface area contributed by atoms with E-state index in [1.165, 1.54) is 25.7 Å². The predicted octanol–water partition coefficient (Wildman–Crippen LogP) is 2.52. The van der Waals surface area contributed by atoms with E-state index in [0.717, 1.165) is 44.0 Å². The minimum absolute atomic E-state index is 0.610. The molecule has 21 heavy (non-hydrogen) atoms. The maximum absolute atomic E-state index is 5.47. The topological polar surface area (TPSA) is 47.5 Å². The molecular weight excluding hydrogens is 266 g/mol. The quantitative estimate of drug-likeness (QED) is 0.853. The standard InChI is InChI=1S/C16H25N3O2/c1-2-21-16-4-3-15(17-18-16)19-9-5-13(6-10-19)14-7-11-20-12-8-14/h3-4,13-14H,2,5-12H2,1H3. The van der Waals surface area contributed by atoms with Crippen molar-refractivity contribution in [2.75, 3.05) is 37.8 Å². The summed E-state index contributed by atoms with van der Waals surface area (Å²) in [5.74, 6) is 3.32. The third-order valence-electron chi connectivity index (χ3n) is 4.71. The van der Waals surface area contributed by atoms with Crippen molar-refractivity contribution in [3.05, 3.63) is 12.1 Å². The van der Waals surface area contributed by atoms with Crippen LogP contribution in [-0.2, 0) is 4.74 Å². The van der Waals surface area contributed by atoms with Crippen molar-refractivity contribution in [1.82, 2.24) is 10.2 Å². The Morgan fingerprint density at radius 1 is 1.10 bits per heavy atom. The molecule has 0 bridgehead atoms. The van der Waals surface area contributed by atoms with Crippen molar-refractivity contribution in [2.24, 2.45) is 11.8 Å². The van der Waals surface area contributed by atoms with Crippen LogP contribution in [0.2, 0.25) is 0 Å². The summed E-state index contributed by atoms with van der Waals surface area (Å²) in [7, 11) is 0. The highest BCUT2D eigenvalue weighted by atomic mass is 16.5. The fourth-order valence-electron chi connectivity index (χ4n) is 3.49. The summed E-state index contributed by atoms with van der Waals surface area (Å²) in [5, 5.41) is 8.41. The Morgan fingerprint density at radius 3 is 2.43 bits per heavy atom. The summed E-state index contributed by atoms with van der Waals surface area (Å²) in [4.78, 5) is 2.35. The van der Waals surface area contributed by atoms with E-state index in [4.69, 9.17) is 9.47 Å². The molecule has 5 nitrogen and oxygen atoms in total. The highest BCUT2D eigenvalue weighted by Gasteiger charge is 2.28. The van der Waals surface area contributed by atoms with Gasteiger partial charge in [0, 0.05) is 32.4 Å². The first-order valence-electron chi connectivity index (χ1n) is 8.16. The molecule has 116 valence electrons.